The molecule has 6 nitrogen and oxygen atoms in total. The van der Waals surface area contributed by atoms with Crippen LogP contribution in [-0.4, -0.2) is 25.7 Å². The summed E-state index contributed by atoms with van der Waals surface area (Å²) < 4.78 is 2.71. The van der Waals surface area contributed by atoms with E-state index in [2.05, 4.69) is 10.1 Å². The van der Waals surface area contributed by atoms with Crippen molar-refractivity contribution in [3.05, 3.63) is 101 Å². The van der Waals surface area contributed by atoms with Gasteiger partial charge in [0, 0.05) is 11.2 Å². The van der Waals surface area contributed by atoms with Crippen LogP contribution in [0.2, 0.25) is 5.02 Å². The molecule has 0 spiro atoms. The fourth-order valence-electron chi connectivity index (χ4n) is 3.73. The summed E-state index contributed by atoms with van der Waals surface area (Å²) in [5, 5.41) is 5.72. The second-order valence-electron chi connectivity index (χ2n) is 7.67. The van der Waals surface area contributed by atoms with Gasteiger partial charge in [0.15, 0.2) is 5.13 Å². The van der Waals surface area contributed by atoms with E-state index in [0.717, 1.165) is 32.9 Å². The smallest absolute Gasteiger partial charge is 0.263 e. The van der Waals surface area contributed by atoms with Crippen molar-refractivity contribution in [1.29, 1.82) is 0 Å². The van der Waals surface area contributed by atoms with Crippen molar-refractivity contribution in [2.24, 2.45) is 0 Å². The zero-order valence-electron chi connectivity index (χ0n) is 18.1. The van der Waals surface area contributed by atoms with Gasteiger partial charge in [-0.25, -0.2) is 9.67 Å². The average Bonchev–Trinajstić information content (AvgIpc) is 3.42. The molecule has 3 heterocycles. The summed E-state index contributed by atoms with van der Waals surface area (Å²) in [4.78, 5) is 24.7. The van der Waals surface area contributed by atoms with E-state index in [0.29, 0.717) is 22.3 Å². The van der Waals surface area contributed by atoms with Gasteiger partial charge in [-0.15, -0.1) is 0 Å². The molecule has 0 aliphatic heterocycles. The molecule has 1 amide bonds. The largest absolute Gasteiger partial charge is 0.278 e. The summed E-state index contributed by atoms with van der Waals surface area (Å²) in [7, 11) is 0. The minimum Gasteiger partial charge on any atom is -0.278 e. The first kappa shape index (κ1) is 21.3. The molecular formula is C25H20ClN5OS. The number of amides is 1. The highest BCUT2D eigenvalue weighted by Crippen LogP contribution is 2.34. The number of nitrogens with zero attached hydrogens (tertiary/aromatic N) is 5. The van der Waals surface area contributed by atoms with Gasteiger partial charge in [-0.1, -0.05) is 47.2 Å². The van der Waals surface area contributed by atoms with E-state index in [-0.39, 0.29) is 5.91 Å². The molecule has 0 fully saturated rings. The van der Waals surface area contributed by atoms with Gasteiger partial charge < -0.3 is 0 Å². The molecule has 8 heteroatoms. The van der Waals surface area contributed by atoms with E-state index in [4.69, 9.17) is 16.6 Å². The topological polar surface area (TPSA) is 63.9 Å². The van der Waals surface area contributed by atoms with Gasteiger partial charge in [0.25, 0.3) is 5.91 Å². The Morgan fingerprint density at radius 3 is 2.64 bits per heavy atom. The Labute approximate surface area is 200 Å². The van der Waals surface area contributed by atoms with Gasteiger partial charge in [0.05, 0.1) is 45.6 Å². The number of aromatic nitrogens is 4. The lowest BCUT2D eigenvalue weighted by Crippen LogP contribution is -2.31. The summed E-state index contributed by atoms with van der Waals surface area (Å²) >= 11 is 7.70. The Morgan fingerprint density at radius 2 is 1.88 bits per heavy atom. The molecule has 2 aromatic carbocycles. The van der Waals surface area contributed by atoms with E-state index < -0.39 is 0 Å². The van der Waals surface area contributed by atoms with Gasteiger partial charge in [-0.2, -0.15) is 5.10 Å². The Bertz CT molecular complexity index is 1450. The standard InChI is InChI=1S/C25H20ClN5OS/c1-16-12-18(26)13-22-23(16)29-25(33-22)30(15-19-8-6-7-11-27-19)24(32)21-14-28-31(17(21)2)20-9-4-3-5-10-20/h3-14H,15H2,1-2H3. The lowest BCUT2D eigenvalue weighted by Gasteiger charge is -2.19. The minimum absolute atomic E-state index is 0.178. The number of pyridine rings is 1. The quantitative estimate of drug-likeness (QED) is 0.314. The van der Waals surface area contributed by atoms with Crippen LogP contribution in [0.5, 0.6) is 0 Å². The number of anilines is 1. The van der Waals surface area contributed by atoms with E-state index >= 15 is 0 Å². The number of halogens is 1. The van der Waals surface area contributed by atoms with Gasteiger partial charge in [0.2, 0.25) is 0 Å². The number of aryl methyl sites for hydroxylation is 1. The Kier molecular flexibility index (Phi) is 5.66. The average molecular weight is 474 g/mol. The maximum absolute atomic E-state index is 13.8. The van der Waals surface area contributed by atoms with Crippen molar-refractivity contribution in [3.8, 4) is 5.69 Å². The van der Waals surface area contributed by atoms with Crippen LogP contribution >= 0.6 is 22.9 Å². The highest BCUT2D eigenvalue weighted by Gasteiger charge is 2.26. The number of hydrogen-bond donors (Lipinski definition) is 0. The van der Waals surface area contributed by atoms with Crippen LogP contribution in [0.4, 0.5) is 5.13 Å². The first-order valence-corrected chi connectivity index (χ1v) is 11.6. The Hall–Kier alpha value is -3.55. The molecule has 0 unspecified atom stereocenters. The second-order valence-corrected chi connectivity index (χ2v) is 9.11. The van der Waals surface area contributed by atoms with Crippen molar-refractivity contribution in [3.63, 3.8) is 0 Å². The molecule has 0 radical (unpaired) electrons. The highest BCUT2D eigenvalue weighted by molar-refractivity contribution is 7.22. The lowest BCUT2D eigenvalue weighted by atomic mass is 10.2. The van der Waals surface area contributed by atoms with Crippen LogP contribution in [0.15, 0.2) is 73.1 Å². The van der Waals surface area contributed by atoms with Crippen LogP contribution in [0.3, 0.4) is 0 Å². The molecule has 0 saturated heterocycles. The summed E-state index contributed by atoms with van der Waals surface area (Å²) in [5.74, 6) is -0.178. The fourth-order valence-corrected chi connectivity index (χ4v) is 5.15. The number of benzene rings is 2. The number of para-hydroxylation sites is 1. The van der Waals surface area contributed by atoms with Gasteiger partial charge >= 0.3 is 0 Å². The molecule has 0 saturated carbocycles. The lowest BCUT2D eigenvalue weighted by molar-refractivity contribution is 0.0984. The van der Waals surface area contributed by atoms with Crippen LogP contribution < -0.4 is 4.90 Å². The summed E-state index contributed by atoms with van der Waals surface area (Å²) in [5.41, 5.74) is 4.76. The number of hydrogen-bond acceptors (Lipinski definition) is 5. The van der Waals surface area contributed by atoms with Crippen LogP contribution in [0.1, 0.15) is 27.3 Å². The van der Waals surface area contributed by atoms with Crippen LogP contribution in [0, 0.1) is 13.8 Å². The van der Waals surface area contributed by atoms with Crippen molar-refractivity contribution in [2.75, 3.05) is 4.90 Å². The summed E-state index contributed by atoms with van der Waals surface area (Å²) in [6, 6.07) is 19.2. The normalized spacial score (nSPS) is 11.1. The number of thiazole rings is 1. The molecule has 33 heavy (non-hydrogen) atoms. The minimum atomic E-state index is -0.178. The zero-order valence-corrected chi connectivity index (χ0v) is 19.6. The van der Waals surface area contributed by atoms with E-state index in [9.17, 15) is 4.79 Å². The van der Waals surface area contributed by atoms with Gasteiger partial charge in [-0.05, 0) is 55.8 Å². The SMILES string of the molecule is Cc1cc(Cl)cc2sc(N(Cc3ccccn3)C(=O)c3cnn(-c4ccccc4)c3C)nc12. The number of carbonyl (C=O) groups is 1. The third-order valence-corrected chi connectivity index (χ3v) is 6.65. The molecule has 0 atom stereocenters. The summed E-state index contributed by atoms with van der Waals surface area (Å²) in [6.07, 6.45) is 3.34. The third-order valence-electron chi connectivity index (χ3n) is 5.40. The third kappa shape index (κ3) is 4.13. The van der Waals surface area contributed by atoms with Crippen molar-refractivity contribution in [2.45, 2.75) is 20.4 Å². The summed E-state index contributed by atoms with van der Waals surface area (Å²) in [6.45, 7) is 4.16. The molecule has 164 valence electrons. The molecule has 5 aromatic rings. The number of rotatable bonds is 5. The van der Waals surface area contributed by atoms with Crippen LogP contribution in [-0.2, 0) is 6.54 Å². The molecule has 0 N–H and O–H groups in total. The monoisotopic (exact) mass is 473 g/mol. The predicted molar refractivity (Wildman–Crippen MR) is 132 cm³/mol. The van der Waals surface area contributed by atoms with Gasteiger partial charge in [0.1, 0.15) is 0 Å². The maximum Gasteiger partial charge on any atom is 0.263 e. The van der Waals surface area contributed by atoms with E-state index in [1.165, 1.54) is 11.3 Å². The first-order valence-electron chi connectivity index (χ1n) is 10.4. The number of fused-ring (bicyclic) bond motifs is 1. The van der Waals surface area contributed by atoms with E-state index in [1.54, 1.807) is 22.0 Å². The Balaban J connectivity index is 1.59. The van der Waals surface area contributed by atoms with Crippen molar-refractivity contribution >= 4 is 44.2 Å². The predicted octanol–water partition coefficient (Wildman–Crippen LogP) is 5.99. The maximum atomic E-state index is 13.8. The molecule has 5 rings (SSSR count). The van der Waals surface area contributed by atoms with Crippen molar-refractivity contribution in [1.82, 2.24) is 19.7 Å². The molecule has 0 bridgehead atoms. The van der Waals surface area contributed by atoms with Gasteiger partial charge in [-0.3, -0.25) is 14.7 Å². The molecular weight excluding hydrogens is 454 g/mol. The molecule has 0 aliphatic carbocycles. The first-order chi connectivity index (χ1) is 16.0. The van der Waals surface area contributed by atoms with Crippen molar-refractivity contribution < 1.29 is 4.79 Å². The van der Waals surface area contributed by atoms with Crippen LogP contribution in [0.25, 0.3) is 15.9 Å². The van der Waals surface area contributed by atoms with E-state index in [1.807, 2.05) is 74.5 Å². The zero-order chi connectivity index (χ0) is 22.9. The molecule has 3 aromatic heterocycles. The molecule has 0 aliphatic rings. The number of carbonyl (C=O) groups excluding carboxylic acids is 1. The second kappa shape index (κ2) is 8.77. The highest BCUT2D eigenvalue weighted by atomic mass is 35.5. The fraction of sp³-hybridized carbons (Fsp3) is 0.120. The Morgan fingerprint density at radius 1 is 1.09 bits per heavy atom.